The van der Waals surface area contributed by atoms with Gasteiger partial charge in [0.25, 0.3) is 0 Å². The number of aromatic nitrogens is 5. The van der Waals surface area contributed by atoms with E-state index >= 15 is 0 Å². The molecule has 0 spiro atoms. The molecule has 0 aromatic carbocycles. The Morgan fingerprint density at radius 1 is 1.47 bits per heavy atom. The van der Waals surface area contributed by atoms with Gasteiger partial charge in [-0.3, -0.25) is 4.68 Å². The molecule has 0 aliphatic rings. The summed E-state index contributed by atoms with van der Waals surface area (Å²) in [4.78, 5) is 0. The van der Waals surface area contributed by atoms with Gasteiger partial charge in [0.15, 0.2) is 0 Å². The van der Waals surface area contributed by atoms with Crippen LogP contribution in [-0.4, -0.2) is 24.8 Å². The van der Waals surface area contributed by atoms with E-state index in [9.17, 15) is 0 Å². The minimum atomic E-state index is -0.0583. The van der Waals surface area contributed by atoms with E-state index in [0.717, 1.165) is 23.5 Å². The Labute approximate surface area is 105 Å². The molecule has 0 aliphatic heterocycles. The number of hydrogen-bond donors (Lipinski definition) is 0. The zero-order valence-corrected chi connectivity index (χ0v) is 11.0. The van der Waals surface area contributed by atoms with Crippen molar-refractivity contribution in [3.63, 3.8) is 0 Å². The maximum Gasteiger partial charge on any atom is 0.101 e. The van der Waals surface area contributed by atoms with Gasteiger partial charge in [-0.2, -0.15) is 5.10 Å². The summed E-state index contributed by atoms with van der Waals surface area (Å²) in [7, 11) is 1.93. The zero-order valence-electron chi connectivity index (χ0n) is 10.3. The third-order valence-electron chi connectivity index (χ3n) is 2.66. The van der Waals surface area contributed by atoms with Gasteiger partial charge >= 0.3 is 0 Å². The van der Waals surface area contributed by atoms with E-state index in [0.29, 0.717) is 6.54 Å². The van der Waals surface area contributed by atoms with Crippen LogP contribution in [0, 0.1) is 6.92 Å². The van der Waals surface area contributed by atoms with Crippen LogP contribution in [0.3, 0.4) is 0 Å². The van der Waals surface area contributed by atoms with Crippen molar-refractivity contribution in [1.29, 1.82) is 0 Å². The highest BCUT2D eigenvalue weighted by Gasteiger charge is 2.11. The van der Waals surface area contributed by atoms with Crippen LogP contribution >= 0.6 is 11.6 Å². The molecule has 6 heteroatoms. The van der Waals surface area contributed by atoms with Crippen molar-refractivity contribution in [2.45, 2.75) is 32.2 Å². The minimum Gasteiger partial charge on any atom is -0.270 e. The molecular formula is C11H16ClN5. The van der Waals surface area contributed by atoms with Crippen molar-refractivity contribution in [3.05, 3.63) is 29.3 Å². The van der Waals surface area contributed by atoms with Crippen molar-refractivity contribution < 1.29 is 0 Å². The third kappa shape index (κ3) is 2.66. The van der Waals surface area contributed by atoms with E-state index in [1.54, 1.807) is 4.68 Å². The molecule has 0 amide bonds. The first-order chi connectivity index (χ1) is 8.10. The van der Waals surface area contributed by atoms with Gasteiger partial charge in [0, 0.05) is 7.05 Å². The molecule has 0 saturated heterocycles. The van der Waals surface area contributed by atoms with E-state index in [4.69, 9.17) is 11.6 Å². The van der Waals surface area contributed by atoms with Gasteiger partial charge in [-0.15, -0.1) is 16.7 Å². The van der Waals surface area contributed by atoms with E-state index in [2.05, 4.69) is 15.4 Å². The summed E-state index contributed by atoms with van der Waals surface area (Å²) in [5, 5.41) is 12.4. The van der Waals surface area contributed by atoms with Crippen LogP contribution in [0.4, 0.5) is 0 Å². The maximum atomic E-state index is 6.11. The number of hydrogen-bond acceptors (Lipinski definition) is 3. The lowest BCUT2D eigenvalue weighted by Crippen LogP contribution is -2.06. The average Bonchev–Trinajstić information content (AvgIpc) is 2.86. The van der Waals surface area contributed by atoms with Gasteiger partial charge in [-0.25, -0.2) is 4.68 Å². The Hall–Kier alpha value is -1.36. The molecule has 2 aromatic heterocycles. The Bertz CT molecular complexity index is 502. The van der Waals surface area contributed by atoms with Crippen LogP contribution in [0.2, 0.25) is 0 Å². The summed E-state index contributed by atoms with van der Waals surface area (Å²) in [6, 6.07) is 2.04. The quantitative estimate of drug-likeness (QED) is 0.784. The molecule has 0 fully saturated rings. The first kappa shape index (κ1) is 12.1. The summed E-state index contributed by atoms with van der Waals surface area (Å²) < 4.78 is 3.64. The number of halogens is 1. The fraction of sp³-hybridized carbons (Fsp3) is 0.545. The summed E-state index contributed by atoms with van der Waals surface area (Å²) in [5.41, 5.74) is 2.93. The van der Waals surface area contributed by atoms with Crippen LogP contribution in [-0.2, 0) is 13.6 Å². The van der Waals surface area contributed by atoms with Gasteiger partial charge < -0.3 is 0 Å². The highest BCUT2D eigenvalue weighted by molar-refractivity contribution is 6.20. The molecule has 92 valence electrons. The molecule has 0 bridgehead atoms. The van der Waals surface area contributed by atoms with E-state index in [-0.39, 0.29) is 5.38 Å². The molecule has 0 N–H and O–H groups in total. The van der Waals surface area contributed by atoms with Crippen LogP contribution in [0.1, 0.15) is 35.8 Å². The second kappa shape index (κ2) is 4.87. The molecule has 2 rings (SSSR count). The Balaban J connectivity index is 2.14. The highest BCUT2D eigenvalue weighted by Crippen LogP contribution is 2.20. The van der Waals surface area contributed by atoms with Crippen molar-refractivity contribution in [3.8, 4) is 0 Å². The second-order valence-corrected chi connectivity index (χ2v) is 4.64. The van der Waals surface area contributed by atoms with Gasteiger partial charge in [-0.1, -0.05) is 12.1 Å². The fourth-order valence-electron chi connectivity index (χ4n) is 1.72. The molecule has 2 aromatic rings. The van der Waals surface area contributed by atoms with Crippen molar-refractivity contribution in [1.82, 2.24) is 24.8 Å². The van der Waals surface area contributed by atoms with Gasteiger partial charge in [-0.05, 0) is 19.4 Å². The van der Waals surface area contributed by atoms with Crippen molar-refractivity contribution in [2.75, 3.05) is 0 Å². The minimum absolute atomic E-state index is 0.0583. The van der Waals surface area contributed by atoms with Crippen molar-refractivity contribution in [2.24, 2.45) is 7.05 Å². The first-order valence-corrected chi connectivity index (χ1v) is 6.07. The molecule has 5 nitrogen and oxygen atoms in total. The Morgan fingerprint density at radius 3 is 2.82 bits per heavy atom. The molecular weight excluding hydrogens is 238 g/mol. The smallest absolute Gasteiger partial charge is 0.101 e. The predicted octanol–water partition coefficient (Wildman–Crippen LogP) is 2.06. The molecule has 17 heavy (non-hydrogen) atoms. The van der Waals surface area contributed by atoms with Crippen LogP contribution in [0.5, 0.6) is 0 Å². The first-order valence-electron chi connectivity index (χ1n) is 5.63. The number of aryl methyl sites for hydroxylation is 2. The largest absolute Gasteiger partial charge is 0.270 e. The number of nitrogens with zero attached hydrogens (tertiary/aromatic N) is 5. The lowest BCUT2D eigenvalue weighted by Gasteiger charge is -2.01. The monoisotopic (exact) mass is 253 g/mol. The Kier molecular flexibility index (Phi) is 3.47. The molecule has 0 saturated carbocycles. The molecule has 2 heterocycles. The van der Waals surface area contributed by atoms with E-state index < -0.39 is 0 Å². The number of alkyl halides is 1. The summed E-state index contributed by atoms with van der Waals surface area (Å²) in [6.45, 7) is 4.67. The Morgan fingerprint density at radius 2 is 2.24 bits per heavy atom. The summed E-state index contributed by atoms with van der Waals surface area (Å²) in [6.07, 6.45) is 2.74. The molecule has 1 unspecified atom stereocenters. The SMILES string of the molecule is CCC(Cl)c1cn(Cc2cc(C)nn2C)nn1. The number of rotatable bonds is 4. The summed E-state index contributed by atoms with van der Waals surface area (Å²) in [5.74, 6) is 0. The predicted molar refractivity (Wildman–Crippen MR) is 66.0 cm³/mol. The van der Waals surface area contributed by atoms with Crippen LogP contribution in [0.15, 0.2) is 12.3 Å². The standard InChI is InChI=1S/C11H16ClN5/c1-4-10(12)11-7-17(15-13-11)6-9-5-8(2)14-16(9)3/h5,7,10H,4,6H2,1-3H3. The second-order valence-electron chi connectivity index (χ2n) is 4.12. The summed E-state index contributed by atoms with van der Waals surface area (Å²) >= 11 is 6.11. The topological polar surface area (TPSA) is 48.5 Å². The van der Waals surface area contributed by atoms with Gasteiger partial charge in [0.05, 0.1) is 29.5 Å². The van der Waals surface area contributed by atoms with Gasteiger partial charge in [0.1, 0.15) is 5.69 Å². The average molecular weight is 254 g/mol. The van der Waals surface area contributed by atoms with Crippen LogP contribution < -0.4 is 0 Å². The lowest BCUT2D eigenvalue weighted by molar-refractivity contribution is 0.599. The zero-order chi connectivity index (χ0) is 12.4. The van der Waals surface area contributed by atoms with E-state index in [1.807, 2.05) is 37.8 Å². The molecule has 1 atom stereocenters. The van der Waals surface area contributed by atoms with E-state index in [1.165, 1.54) is 0 Å². The molecule has 0 aliphatic carbocycles. The highest BCUT2D eigenvalue weighted by atomic mass is 35.5. The molecule has 0 radical (unpaired) electrons. The lowest BCUT2D eigenvalue weighted by atomic mass is 10.3. The fourth-order valence-corrected chi connectivity index (χ4v) is 1.82. The van der Waals surface area contributed by atoms with Gasteiger partial charge in [0.2, 0.25) is 0 Å². The maximum absolute atomic E-state index is 6.11. The van der Waals surface area contributed by atoms with Crippen LogP contribution in [0.25, 0.3) is 0 Å². The third-order valence-corrected chi connectivity index (χ3v) is 3.19. The normalized spacial score (nSPS) is 12.9. The van der Waals surface area contributed by atoms with Crippen molar-refractivity contribution >= 4 is 11.6 Å².